The zero-order valence-corrected chi connectivity index (χ0v) is 13.5. The molecule has 0 saturated heterocycles. The fourth-order valence-corrected chi connectivity index (χ4v) is 2.30. The van der Waals surface area contributed by atoms with Crippen LogP contribution in [0.5, 0.6) is 11.5 Å². The topological polar surface area (TPSA) is 47.6 Å². The molecule has 0 atom stereocenters. The SMILES string of the molecule is COc1ccccc1OCCC(=O)Nc1ccc(SC)cc1. The van der Waals surface area contributed by atoms with Crippen molar-refractivity contribution in [3.63, 3.8) is 0 Å². The molecule has 0 spiro atoms. The van der Waals surface area contributed by atoms with E-state index in [1.165, 1.54) is 0 Å². The molecule has 2 aromatic rings. The molecule has 0 fully saturated rings. The lowest BCUT2D eigenvalue weighted by molar-refractivity contribution is -0.116. The summed E-state index contributed by atoms with van der Waals surface area (Å²) in [5.74, 6) is 1.23. The number of thioether (sulfide) groups is 1. The summed E-state index contributed by atoms with van der Waals surface area (Å²) in [5.41, 5.74) is 0.792. The third-order valence-electron chi connectivity index (χ3n) is 3.03. The van der Waals surface area contributed by atoms with Crippen LogP contribution in [0.25, 0.3) is 0 Å². The van der Waals surface area contributed by atoms with Crippen LogP contribution < -0.4 is 14.8 Å². The van der Waals surface area contributed by atoms with Gasteiger partial charge in [-0.15, -0.1) is 11.8 Å². The average molecular weight is 317 g/mol. The van der Waals surface area contributed by atoms with E-state index in [4.69, 9.17) is 9.47 Å². The van der Waals surface area contributed by atoms with E-state index in [1.807, 2.05) is 54.8 Å². The van der Waals surface area contributed by atoms with Crippen molar-refractivity contribution in [1.82, 2.24) is 0 Å². The zero-order chi connectivity index (χ0) is 15.8. The van der Waals surface area contributed by atoms with Crippen LogP contribution in [0.2, 0.25) is 0 Å². The highest BCUT2D eigenvalue weighted by molar-refractivity contribution is 7.98. The average Bonchev–Trinajstić information content (AvgIpc) is 2.56. The van der Waals surface area contributed by atoms with Crippen LogP contribution in [0.1, 0.15) is 6.42 Å². The van der Waals surface area contributed by atoms with Gasteiger partial charge < -0.3 is 14.8 Å². The molecule has 22 heavy (non-hydrogen) atoms. The maximum absolute atomic E-state index is 11.9. The number of nitrogens with one attached hydrogen (secondary N) is 1. The molecule has 0 radical (unpaired) electrons. The lowest BCUT2D eigenvalue weighted by atomic mass is 10.3. The minimum Gasteiger partial charge on any atom is -0.493 e. The molecular formula is C17H19NO3S. The largest absolute Gasteiger partial charge is 0.493 e. The van der Waals surface area contributed by atoms with Gasteiger partial charge in [0.25, 0.3) is 0 Å². The van der Waals surface area contributed by atoms with Gasteiger partial charge in [0.1, 0.15) is 0 Å². The van der Waals surface area contributed by atoms with Gasteiger partial charge in [0.15, 0.2) is 11.5 Å². The minimum atomic E-state index is -0.0770. The highest BCUT2D eigenvalue weighted by atomic mass is 32.2. The van der Waals surface area contributed by atoms with Gasteiger partial charge in [-0.05, 0) is 42.7 Å². The Hall–Kier alpha value is -2.14. The number of para-hydroxylation sites is 2. The first kappa shape index (κ1) is 16.2. The van der Waals surface area contributed by atoms with Crippen LogP contribution in [-0.2, 0) is 4.79 Å². The quantitative estimate of drug-likeness (QED) is 0.789. The van der Waals surface area contributed by atoms with E-state index in [2.05, 4.69) is 5.32 Å². The molecule has 116 valence electrons. The lowest BCUT2D eigenvalue weighted by Gasteiger charge is -2.10. The van der Waals surface area contributed by atoms with E-state index in [9.17, 15) is 4.79 Å². The fraction of sp³-hybridized carbons (Fsp3) is 0.235. The van der Waals surface area contributed by atoms with Crippen LogP contribution >= 0.6 is 11.8 Å². The predicted molar refractivity (Wildman–Crippen MR) is 90.0 cm³/mol. The summed E-state index contributed by atoms with van der Waals surface area (Å²) in [6.45, 7) is 0.301. The van der Waals surface area contributed by atoms with Crippen molar-refractivity contribution in [3.8, 4) is 11.5 Å². The van der Waals surface area contributed by atoms with Gasteiger partial charge in [-0.1, -0.05) is 12.1 Å². The van der Waals surface area contributed by atoms with E-state index < -0.39 is 0 Å². The second-order valence-electron chi connectivity index (χ2n) is 4.53. The summed E-state index contributed by atoms with van der Waals surface area (Å²) in [6, 6.07) is 15.1. The molecule has 0 aromatic heterocycles. The standard InChI is InChI=1S/C17H19NO3S/c1-20-15-5-3-4-6-16(15)21-12-11-17(19)18-13-7-9-14(22-2)10-8-13/h3-10H,11-12H2,1-2H3,(H,18,19). The fourth-order valence-electron chi connectivity index (χ4n) is 1.89. The maximum atomic E-state index is 11.9. The van der Waals surface area contributed by atoms with E-state index in [1.54, 1.807) is 18.9 Å². The first-order valence-corrected chi connectivity index (χ1v) is 8.15. The number of amides is 1. The maximum Gasteiger partial charge on any atom is 0.227 e. The van der Waals surface area contributed by atoms with Crippen molar-refractivity contribution in [2.75, 3.05) is 25.3 Å². The minimum absolute atomic E-state index is 0.0770. The Morgan fingerprint density at radius 1 is 1.09 bits per heavy atom. The Labute approximate surface area is 134 Å². The van der Waals surface area contributed by atoms with E-state index in [0.29, 0.717) is 18.1 Å². The summed E-state index contributed by atoms with van der Waals surface area (Å²) in [6.07, 6.45) is 2.30. The number of hydrogen-bond donors (Lipinski definition) is 1. The molecule has 0 unspecified atom stereocenters. The predicted octanol–water partition coefficient (Wildman–Crippen LogP) is 3.82. The molecule has 5 heteroatoms. The molecule has 0 saturated carbocycles. The van der Waals surface area contributed by atoms with Crippen molar-refractivity contribution in [2.45, 2.75) is 11.3 Å². The van der Waals surface area contributed by atoms with E-state index in [-0.39, 0.29) is 12.3 Å². The summed E-state index contributed by atoms with van der Waals surface area (Å²) in [7, 11) is 1.59. The van der Waals surface area contributed by atoms with Gasteiger partial charge in [0.05, 0.1) is 20.1 Å². The van der Waals surface area contributed by atoms with Gasteiger partial charge >= 0.3 is 0 Å². The third kappa shape index (κ3) is 4.70. The molecular weight excluding hydrogens is 298 g/mol. The summed E-state index contributed by atoms with van der Waals surface area (Å²) >= 11 is 1.67. The summed E-state index contributed by atoms with van der Waals surface area (Å²) in [5, 5.41) is 2.85. The number of rotatable bonds is 7. The first-order valence-electron chi connectivity index (χ1n) is 6.92. The molecule has 2 rings (SSSR count). The Morgan fingerprint density at radius 2 is 1.77 bits per heavy atom. The molecule has 0 bridgehead atoms. The molecule has 2 aromatic carbocycles. The Kier molecular flexibility index (Phi) is 6.15. The number of carbonyl (C=O) groups excluding carboxylic acids is 1. The number of hydrogen-bond acceptors (Lipinski definition) is 4. The first-order chi connectivity index (χ1) is 10.7. The zero-order valence-electron chi connectivity index (χ0n) is 12.7. The van der Waals surface area contributed by atoms with Crippen LogP contribution in [-0.4, -0.2) is 25.9 Å². The third-order valence-corrected chi connectivity index (χ3v) is 3.77. The Bertz CT molecular complexity index is 614. The van der Waals surface area contributed by atoms with Crippen molar-refractivity contribution >= 4 is 23.4 Å². The van der Waals surface area contributed by atoms with Crippen LogP contribution in [0.3, 0.4) is 0 Å². The second kappa shape index (κ2) is 8.34. The van der Waals surface area contributed by atoms with Gasteiger partial charge in [-0.2, -0.15) is 0 Å². The van der Waals surface area contributed by atoms with Crippen molar-refractivity contribution in [2.24, 2.45) is 0 Å². The van der Waals surface area contributed by atoms with Crippen molar-refractivity contribution in [3.05, 3.63) is 48.5 Å². The summed E-state index contributed by atoms with van der Waals surface area (Å²) < 4.78 is 10.8. The Morgan fingerprint density at radius 3 is 2.41 bits per heavy atom. The Balaban J connectivity index is 1.80. The van der Waals surface area contributed by atoms with Gasteiger partial charge in [-0.25, -0.2) is 0 Å². The number of anilines is 1. The van der Waals surface area contributed by atoms with Crippen molar-refractivity contribution < 1.29 is 14.3 Å². The number of methoxy groups -OCH3 is 1. The van der Waals surface area contributed by atoms with Gasteiger partial charge in [0.2, 0.25) is 5.91 Å². The molecule has 0 heterocycles. The molecule has 0 aliphatic heterocycles. The summed E-state index contributed by atoms with van der Waals surface area (Å²) in [4.78, 5) is 13.0. The number of ether oxygens (including phenoxy) is 2. The lowest BCUT2D eigenvalue weighted by Crippen LogP contribution is -2.15. The number of benzene rings is 2. The molecule has 1 N–H and O–H groups in total. The van der Waals surface area contributed by atoms with Crippen molar-refractivity contribution in [1.29, 1.82) is 0 Å². The smallest absolute Gasteiger partial charge is 0.227 e. The van der Waals surface area contributed by atoms with Gasteiger partial charge in [0, 0.05) is 10.6 Å². The van der Waals surface area contributed by atoms with E-state index >= 15 is 0 Å². The monoisotopic (exact) mass is 317 g/mol. The normalized spacial score (nSPS) is 10.1. The molecule has 1 amide bonds. The molecule has 4 nitrogen and oxygen atoms in total. The van der Waals surface area contributed by atoms with E-state index in [0.717, 1.165) is 10.6 Å². The molecule has 0 aliphatic rings. The van der Waals surface area contributed by atoms with Gasteiger partial charge in [-0.3, -0.25) is 4.79 Å². The second-order valence-corrected chi connectivity index (χ2v) is 5.41. The van der Waals surface area contributed by atoms with Crippen LogP contribution in [0, 0.1) is 0 Å². The highest BCUT2D eigenvalue weighted by Gasteiger charge is 2.06. The number of carbonyl (C=O) groups is 1. The van der Waals surface area contributed by atoms with Crippen LogP contribution in [0.15, 0.2) is 53.4 Å². The molecule has 0 aliphatic carbocycles. The van der Waals surface area contributed by atoms with Crippen LogP contribution in [0.4, 0.5) is 5.69 Å². The highest BCUT2D eigenvalue weighted by Crippen LogP contribution is 2.25.